The van der Waals surface area contributed by atoms with Crippen molar-refractivity contribution in [1.82, 2.24) is 15.4 Å². The van der Waals surface area contributed by atoms with Gasteiger partial charge in [-0.05, 0) is 61.7 Å². The Morgan fingerprint density at radius 1 is 1.00 bits per heavy atom. The van der Waals surface area contributed by atoms with Crippen LogP contribution in [0.25, 0.3) is 0 Å². The number of aromatic nitrogens is 2. The molecule has 2 aromatic carbocycles. The van der Waals surface area contributed by atoms with E-state index in [0.29, 0.717) is 23.4 Å². The summed E-state index contributed by atoms with van der Waals surface area (Å²) < 4.78 is 13.1. The fourth-order valence-electron chi connectivity index (χ4n) is 2.83. The van der Waals surface area contributed by atoms with Gasteiger partial charge in [-0.15, -0.1) is 0 Å². The molecule has 0 saturated carbocycles. The van der Waals surface area contributed by atoms with E-state index >= 15 is 0 Å². The third-order valence-corrected chi connectivity index (χ3v) is 5.27. The second-order valence-corrected chi connectivity index (χ2v) is 7.72. The van der Waals surface area contributed by atoms with Crippen molar-refractivity contribution in [3.05, 3.63) is 88.5 Å². The van der Waals surface area contributed by atoms with Crippen molar-refractivity contribution < 1.29 is 9.18 Å². The van der Waals surface area contributed by atoms with E-state index in [1.54, 1.807) is 36.0 Å². The van der Waals surface area contributed by atoms with Crippen molar-refractivity contribution in [2.75, 3.05) is 0 Å². The summed E-state index contributed by atoms with van der Waals surface area (Å²) in [5, 5.41) is 4.95. The molecule has 5 nitrogen and oxygen atoms in total. The molecule has 1 aromatic heterocycles. The molecule has 0 bridgehead atoms. The van der Waals surface area contributed by atoms with Crippen LogP contribution in [0.1, 0.15) is 46.2 Å². The maximum Gasteiger partial charge on any atom is 0.271 e. The smallest absolute Gasteiger partial charge is 0.267 e. The van der Waals surface area contributed by atoms with Crippen molar-refractivity contribution >= 4 is 23.4 Å². The maximum absolute atomic E-state index is 13.1. The van der Waals surface area contributed by atoms with Gasteiger partial charge in [0.1, 0.15) is 5.82 Å². The molecule has 0 atom stereocenters. The van der Waals surface area contributed by atoms with E-state index in [1.807, 2.05) is 39.0 Å². The first-order valence-corrected chi connectivity index (χ1v) is 10.6. The standard InChI is InChI=1S/C23H23FN4OS/c1-4-21(18-9-11-20(24)12-10-18)27-28-22(29)19-7-5-17(6-8-19)14-30-23-25-15(2)13-16(3)26-23/h5-13H,4,14H2,1-3H3,(H,28,29)/b27-21+. The van der Waals surface area contributed by atoms with Crippen LogP contribution < -0.4 is 5.43 Å². The number of halogens is 1. The highest BCUT2D eigenvalue weighted by molar-refractivity contribution is 7.98. The molecule has 1 heterocycles. The number of rotatable bonds is 7. The molecule has 0 fully saturated rings. The van der Waals surface area contributed by atoms with E-state index in [0.717, 1.165) is 27.7 Å². The predicted octanol–water partition coefficient (Wildman–Crippen LogP) is 5.07. The SMILES string of the molecule is CC/C(=N\NC(=O)c1ccc(CSc2nc(C)cc(C)n2)cc1)c1ccc(F)cc1. The quantitative estimate of drug-likeness (QED) is 0.250. The minimum absolute atomic E-state index is 0.292. The van der Waals surface area contributed by atoms with E-state index in [4.69, 9.17) is 0 Å². The minimum atomic E-state index is -0.305. The van der Waals surface area contributed by atoms with Crippen LogP contribution in [0.15, 0.2) is 64.9 Å². The molecule has 30 heavy (non-hydrogen) atoms. The first kappa shape index (κ1) is 21.6. The molecule has 0 aliphatic carbocycles. The van der Waals surface area contributed by atoms with Crippen molar-refractivity contribution in [1.29, 1.82) is 0 Å². The molecule has 1 amide bonds. The van der Waals surface area contributed by atoms with Gasteiger partial charge in [-0.2, -0.15) is 5.10 Å². The highest BCUT2D eigenvalue weighted by Crippen LogP contribution is 2.20. The first-order valence-electron chi connectivity index (χ1n) is 9.61. The maximum atomic E-state index is 13.1. The number of nitrogens with one attached hydrogen (secondary N) is 1. The number of hydrogen-bond acceptors (Lipinski definition) is 5. The largest absolute Gasteiger partial charge is 0.271 e. The lowest BCUT2D eigenvalue weighted by Crippen LogP contribution is -2.20. The number of nitrogens with zero attached hydrogens (tertiary/aromatic N) is 3. The summed E-state index contributed by atoms with van der Waals surface area (Å²) in [6, 6.07) is 15.4. The van der Waals surface area contributed by atoms with Crippen LogP contribution in [-0.2, 0) is 5.75 Å². The van der Waals surface area contributed by atoms with Crippen molar-refractivity contribution in [2.45, 2.75) is 38.1 Å². The molecule has 0 aliphatic heterocycles. The molecular weight excluding hydrogens is 399 g/mol. The van der Waals surface area contributed by atoms with Gasteiger partial charge in [-0.25, -0.2) is 19.8 Å². The lowest BCUT2D eigenvalue weighted by molar-refractivity contribution is 0.0955. The molecule has 3 rings (SSSR count). The molecule has 0 radical (unpaired) electrons. The van der Waals surface area contributed by atoms with Gasteiger partial charge >= 0.3 is 0 Å². The monoisotopic (exact) mass is 422 g/mol. The van der Waals surface area contributed by atoms with Gasteiger partial charge in [0, 0.05) is 22.7 Å². The number of benzene rings is 2. The van der Waals surface area contributed by atoms with Crippen LogP contribution >= 0.6 is 11.8 Å². The summed E-state index contributed by atoms with van der Waals surface area (Å²) >= 11 is 1.56. The Bertz CT molecular complexity index is 1030. The van der Waals surface area contributed by atoms with Gasteiger partial charge in [-0.1, -0.05) is 43.0 Å². The molecule has 0 unspecified atom stereocenters. The third-order valence-electron chi connectivity index (χ3n) is 4.35. The van der Waals surface area contributed by atoms with E-state index in [2.05, 4.69) is 20.5 Å². The number of aryl methyl sites for hydroxylation is 2. The van der Waals surface area contributed by atoms with Gasteiger partial charge in [0.25, 0.3) is 5.91 Å². The Morgan fingerprint density at radius 3 is 2.20 bits per heavy atom. The number of carbonyl (C=O) groups is 1. The predicted molar refractivity (Wildman–Crippen MR) is 118 cm³/mol. The molecule has 1 N–H and O–H groups in total. The molecule has 0 aliphatic rings. The Labute approximate surface area is 179 Å². The lowest BCUT2D eigenvalue weighted by Gasteiger charge is -2.07. The van der Waals surface area contributed by atoms with E-state index in [1.165, 1.54) is 12.1 Å². The third kappa shape index (κ3) is 5.97. The summed E-state index contributed by atoms with van der Waals surface area (Å²) in [5.41, 5.74) is 7.53. The topological polar surface area (TPSA) is 67.2 Å². The number of hydrogen-bond donors (Lipinski definition) is 1. The Hall–Kier alpha value is -3.06. The molecule has 154 valence electrons. The first-order chi connectivity index (χ1) is 14.4. The fourth-order valence-corrected chi connectivity index (χ4v) is 3.74. The molecule has 3 aromatic rings. The van der Waals surface area contributed by atoms with Crippen molar-refractivity contribution in [3.8, 4) is 0 Å². The highest BCUT2D eigenvalue weighted by atomic mass is 32.2. The van der Waals surface area contributed by atoms with Crippen LogP contribution in [0.5, 0.6) is 0 Å². The summed E-state index contributed by atoms with van der Waals surface area (Å²) in [4.78, 5) is 21.3. The zero-order valence-corrected chi connectivity index (χ0v) is 18.0. The number of thioether (sulfide) groups is 1. The minimum Gasteiger partial charge on any atom is -0.267 e. The van der Waals surface area contributed by atoms with Gasteiger partial charge in [-0.3, -0.25) is 4.79 Å². The zero-order valence-electron chi connectivity index (χ0n) is 17.1. The van der Waals surface area contributed by atoms with Crippen LogP contribution in [-0.4, -0.2) is 21.6 Å². The number of amides is 1. The van der Waals surface area contributed by atoms with Crippen LogP contribution in [0, 0.1) is 19.7 Å². The summed E-state index contributed by atoms with van der Waals surface area (Å²) in [5.74, 6) is 0.119. The molecular formula is C23H23FN4OS. The zero-order chi connectivity index (χ0) is 21.5. The van der Waals surface area contributed by atoms with Crippen molar-refractivity contribution in [3.63, 3.8) is 0 Å². The second kappa shape index (κ2) is 10.1. The van der Waals surface area contributed by atoms with Gasteiger partial charge < -0.3 is 0 Å². The molecule has 0 spiro atoms. The highest BCUT2D eigenvalue weighted by Gasteiger charge is 2.08. The molecule has 0 saturated heterocycles. The van der Waals surface area contributed by atoms with E-state index in [9.17, 15) is 9.18 Å². The average Bonchev–Trinajstić information content (AvgIpc) is 2.73. The Balaban J connectivity index is 1.60. The van der Waals surface area contributed by atoms with Gasteiger partial charge in [0.2, 0.25) is 0 Å². The lowest BCUT2D eigenvalue weighted by atomic mass is 10.1. The molecule has 7 heteroatoms. The summed E-state index contributed by atoms with van der Waals surface area (Å²) in [6.07, 6.45) is 0.614. The number of carbonyl (C=O) groups excluding carboxylic acids is 1. The normalized spacial score (nSPS) is 11.4. The van der Waals surface area contributed by atoms with Gasteiger partial charge in [0.05, 0.1) is 5.71 Å². The van der Waals surface area contributed by atoms with Gasteiger partial charge in [0.15, 0.2) is 5.16 Å². The van der Waals surface area contributed by atoms with Crippen molar-refractivity contribution in [2.24, 2.45) is 5.10 Å². The fraction of sp³-hybridized carbons (Fsp3) is 0.217. The van der Waals surface area contributed by atoms with Crippen LogP contribution in [0.4, 0.5) is 4.39 Å². The second-order valence-electron chi connectivity index (χ2n) is 6.78. The van der Waals surface area contributed by atoms with Crippen LogP contribution in [0.2, 0.25) is 0 Å². The summed E-state index contributed by atoms with van der Waals surface area (Å²) in [7, 11) is 0. The van der Waals surface area contributed by atoms with E-state index < -0.39 is 0 Å². The average molecular weight is 423 g/mol. The number of hydrazone groups is 1. The Kier molecular flexibility index (Phi) is 7.30. The van der Waals surface area contributed by atoms with E-state index in [-0.39, 0.29) is 11.7 Å². The summed E-state index contributed by atoms with van der Waals surface area (Å²) in [6.45, 7) is 5.84. The van der Waals surface area contributed by atoms with Crippen LogP contribution in [0.3, 0.4) is 0 Å². The Morgan fingerprint density at radius 2 is 1.60 bits per heavy atom.